The fourth-order valence-corrected chi connectivity index (χ4v) is 5.37. The molecule has 11 nitrogen and oxygen atoms in total. The molecule has 204 valence electrons. The van der Waals surface area contributed by atoms with E-state index in [9.17, 15) is 24.4 Å². The molecule has 1 aliphatic heterocycles. The molecule has 1 saturated heterocycles. The first-order valence-corrected chi connectivity index (χ1v) is 13.3. The smallest absolute Gasteiger partial charge is 0.270 e. The average Bonchev–Trinajstić information content (AvgIpc) is 3.25. The quantitative estimate of drug-likeness (QED) is 0.357. The van der Waals surface area contributed by atoms with Gasteiger partial charge in [0.1, 0.15) is 15.3 Å². The van der Waals surface area contributed by atoms with Crippen molar-refractivity contribution < 1.29 is 14.4 Å². The van der Waals surface area contributed by atoms with Crippen molar-refractivity contribution >= 4 is 52.2 Å². The Bertz CT molecular complexity index is 1510. The number of nitrogens with two attached hydrogens (primary N) is 1. The standard InChI is InChI=1S/C27H31N7O4S/c1-4-12-30-25(37)20(15-28)27-34(5-2)26(38)22(39-27)16-31-18-9-8-10-19(14-18)32(3)23(35)17-33-13-7-6-11-21(33)24(29)36/h1,8-10,14,16,21,31H,5-7,11-13,17H2,2-3H3,(H2,29,36)(H,30,37). The number of piperidine rings is 1. The molecule has 0 aliphatic carbocycles. The van der Waals surface area contributed by atoms with Gasteiger partial charge in [-0.1, -0.05) is 18.4 Å². The molecule has 0 bridgehead atoms. The van der Waals surface area contributed by atoms with Crippen molar-refractivity contribution in [2.75, 3.05) is 36.9 Å². The largest absolute Gasteiger partial charge is 0.368 e. The topological polar surface area (TPSA) is 154 Å². The van der Waals surface area contributed by atoms with Crippen LogP contribution < -0.4 is 36.0 Å². The van der Waals surface area contributed by atoms with Gasteiger partial charge in [-0.2, -0.15) is 5.26 Å². The number of anilines is 2. The third kappa shape index (κ3) is 6.93. The van der Waals surface area contributed by atoms with Gasteiger partial charge in [0, 0.05) is 31.2 Å². The van der Waals surface area contributed by atoms with Crippen molar-refractivity contribution in [3.8, 4) is 18.4 Å². The van der Waals surface area contributed by atoms with Crippen LogP contribution >= 0.6 is 11.3 Å². The summed E-state index contributed by atoms with van der Waals surface area (Å²) in [6.45, 7) is 2.69. The summed E-state index contributed by atoms with van der Waals surface area (Å²) in [5.41, 5.74) is 6.22. The Hall–Kier alpha value is -4.39. The van der Waals surface area contributed by atoms with Crippen LogP contribution in [-0.4, -0.2) is 59.9 Å². The van der Waals surface area contributed by atoms with Crippen LogP contribution in [0.2, 0.25) is 0 Å². The summed E-state index contributed by atoms with van der Waals surface area (Å²) in [6, 6.07) is 8.51. The number of benzene rings is 1. The zero-order valence-corrected chi connectivity index (χ0v) is 22.7. The lowest BCUT2D eigenvalue weighted by Gasteiger charge is -2.34. The Morgan fingerprint density at radius 1 is 1.33 bits per heavy atom. The lowest BCUT2D eigenvalue weighted by atomic mass is 10.0. The van der Waals surface area contributed by atoms with E-state index in [0.717, 1.165) is 24.2 Å². The third-order valence-corrected chi connectivity index (χ3v) is 7.52. The number of terminal acetylenes is 1. The molecule has 39 heavy (non-hydrogen) atoms. The SMILES string of the molecule is C#CCNC(=O)C(C#N)=c1sc(=CNc2cccc(N(C)C(=O)CN3CCCCC3C(N)=O)c2)c(=O)n1CC. The van der Waals surface area contributed by atoms with Crippen molar-refractivity contribution in [2.24, 2.45) is 5.73 Å². The van der Waals surface area contributed by atoms with Crippen LogP contribution in [-0.2, 0) is 20.9 Å². The van der Waals surface area contributed by atoms with Gasteiger partial charge in [-0.25, -0.2) is 0 Å². The number of rotatable bonds is 9. The molecule has 3 rings (SSSR count). The van der Waals surface area contributed by atoms with Crippen LogP contribution in [0.5, 0.6) is 0 Å². The molecular weight excluding hydrogens is 518 g/mol. The van der Waals surface area contributed by atoms with E-state index in [0.29, 0.717) is 28.9 Å². The molecule has 1 aromatic carbocycles. The Labute approximate surface area is 230 Å². The second-order valence-corrected chi connectivity index (χ2v) is 9.90. The Balaban J connectivity index is 1.84. The first-order chi connectivity index (χ1) is 18.7. The Morgan fingerprint density at radius 2 is 2.10 bits per heavy atom. The van der Waals surface area contributed by atoms with Gasteiger partial charge in [0.2, 0.25) is 11.8 Å². The number of carbonyl (C=O) groups is 3. The Morgan fingerprint density at radius 3 is 2.77 bits per heavy atom. The second-order valence-electron chi connectivity index (χ2n) is 8.87. The van der Waals surface area contributed by atoms with Gasteiger partial charge in [-0.15, -0.1) is 17.8 Å². The average molecular weight is 550 g/mol. The van der Waals surface area contributed by atoms with Gasteiger partial charge in [0.25, 0.3) is 11.5 Å². The molecule has 4 N–H and O–H groups in total. The van der Waals surface area contributed by atoms with Crippen molar-refractivity contribution in [2.45, 2.75) is 38.8 Å². The molecule has 1 aliphatic rings. The fraction of sp³-hybridized carbons (Fsp3) is 0.370. The lowest BCUT2D eigenvalue weighted by Crippen LogP contribution is -2.51. The molecule has 2 heterocycles. The zero-order chi connectivity index (χ0) is 28.5. The first kappa shape index (κ1) is 29.2. The molecular formula is C27H31N7O4S. The number of nitriles is 1. The van der Waals surface area contributed by atoms with Gasteiger partial charge in [0.15, 0.2) is 5.57 Å². The highest BCUT2D eigenvalue weighted by atomic mass is 32.1. The van der Waals surface area contributed by atoms with Crippen molar-refractivity contribution in [1.29, 1.82) is 5.26 Å². The van der Waals surface area contributed by atoms with Crippen molar-refractivity contribution in [3.05, 3.63) is 43.8 Å². The van der Waals surface area contributed by atoms with Crippen molar-refractivity contribution in [1.82, 2.24) is 14.8 Å². The normalized spacial score (nSPS) is 16.5. The minimum Gasteiger partial charge on any atom is -0.368 e. The first-order valence-electron chi connectivity index (χ1n) is 12.4. The third-order valence-electron chi connectivity index (χ3n) is 6.39. The summed E-state index contributed by atoms with van der Waals surface area (Å²) in [6.07, 6.45) is 9.14. The van der Waals surface area contributed by atoms with E-state index in [1.807, 2.05) is 11.0 Å². The summed E-state index contributed by atoms with van der Waals surface area (Å²) in [7, 11) is 1.66. The molecule has 1 fully saturated rings. The molecule has 12 heteroatoms. The maximum Gasteiger partial charge on any atom is 0.270 e. The maximum absolute atomic E-state index is 13.0. The van der Waals surface area contributed by atoms with Gasteiger partial charge in [-0.05, 0) is 44.5 Å². The van der Waals surface area contributed by atoms with Crippen LogP contribution in [0, 0.1) is 23.7 Å². The van der Waals surface area contributed by atoms with Crippen molar-refractivity contribution in [3.63, 3.8) is 0 Å². The van der Waals surface area contributed by atoms with E-state index >= 15 is 0 Å². The number of amides is 3. The summed E-state index contributed by atoms with van der Waals surface area (Å²) in [4.78, 5) is 53.4. The molecule has 1 atom stereocenters. The molecule has 1 unspecified atom stereocenters. The molecule has 0 spiro atoms. The number of likely N-dealkylation sites (N-methyl/N-ethyl adjacent to an activating group) is 1. The fourth-order valence-electron chi connectivity index (χ4n) is 4.29. The number of thiazole rings is 1. The van der Waals surface area contributed by atoms with E-state index in [4.69, 9.17) is 12.2 Å². The van der Waals surface area contributed by atoms with E-state index in [2.05, 4.69) is 16.6 Å². The molecule has 0 saturated carbocycles. The number of nitrogens with zero attached hydrogens (tertiary/aromatic N) is 4. The summed E-state index contributed by atoms with van der Waals surface area (Å²) < 4.78 is 1.88. The minimum absolute atomic E-state index is 0.0384. The number of primary amides is 1. The van der Waals surface area contributed by atoms with E-state index in [1.165, 1.54) is 15.7 Å². The lowest BCUT2D eigenvalue weighted by molar-refractivity contribution is -0.127. The van der Waals surface area contributed by atoms with Crippen LogP contribution in [0.25, 0.3) is 11.8 Å². The van der Waals surface area contributed by atoms with E-state index in [-0.39, 0.29) is 41.3 Å². The molecule has 1 aromatic heterocycles. The number of hydrogen-bond donors (Lipinski definition) is 3. The summed E-state index contributed by atoms with van der Waals surface area (Å²) in [5, 5.41) is 15.1. The number of likely N-dealkylation sites (tertiary alicyclic amines) is 1. The molecule has 0 radical (unpaired) electrons. The predicted molar refractivity (Wildman–Crippen MR) is 151 cm³/mol. The molecule has 2 aromatic rings. The monoisotopic (exact) mass is 549 g/mol. The summed E-state index contributed by atoms with van der Waals surface area (Å²) >= 11 is 1.01. The zero-order valence-electron chi connectivity index (χ0n) is 21.9. The van der Waals surface area contributed by atoms with Crippen LogP contribution in [0.15, 0.2) is 29.1 Å². The summed E-state index contributed by atoms with van der Waals surface area (Å²) in [5.74, 6) is 1.03. The molecule has 3 amide bonds. The number of nitrogens with one attached hydrogen (secondary N) is 2. The Kier molecular flexibility index (Phi) is 10.0. The van der Waals surface area contributed by atoms with Gasteiger partial charge in [-0.3, -0.25) is 28.6 Å². The number of aromatic nitrogens is 1. The number of carbonyl (C=O) groups excluding carboxylic acids is 3. The van der Waals surface area contributed by atoms with Gasteiger partial charge >= 0.3 is 0 Å². The number of hydrogen-bond acceptors (Lipinski definition) is 8. The van der Waals surface area contributed by atoms with Crippen LogP contribution in [0.3, 0.4) is 0 Å². The van der Waals surface area contributed by atoms with E-state index < -0.39 is 17.9 Å². The highest BCUT2D eigenvalue weighted by Crippen LogP contribution is 2.21. The highest BCUT2D eigenvalue weighted by Gasteiger charge is 2.29. The maximum atomic E-state index is 13.0. The van der Waals surface area contributed by atoms with Crippen LogP contribution in [0.4, 0.5) is 11.4 Å². The van der Waals surface area contributed by atoms with Gasteiger partial charge < -0.3 is 21.3 Å². The van der Waals surface area contributed by atoms with Crippen LogP contribution in [0.1, 0.15) is 26.2 Å². The van der Waals surface area contributed by atoms with Gasteiger partial charge in [0.05, 0.1) is 19.1 Å². The van der Waals surface area contributed by atoms with E-state index in [1.54, 1.807) is 38.2 Å². The predicted octanol–water partition coefficient (Wildman–Crippen LogP) is -0.494. The highest BCUT2D eigenvalue weighted by molar-refractivity contribution is 7.07. The minimum atomic E-state index is -0.648. The second kappa shape index (κ2) is 13.4.